The Kier molecular flexibility index (Phi) is 7.12. The minimum absolute atomic E-state index is 0.0841. The van der Waals surface area contributed by atoms with E-state index in [0.29, 0.717) is 0 Å². The van der Waals surface area contributed by atoms with Gasteiger partial charge in [-0.3, -0.25) is 0 Å². The lowest BCUT2D eigenvalue weighted by Crippen LogP contribution is -2.28. The summed E-state index contributed by atoms with van der Waals surface area (Å²) in [6.45, 7) is 4.73. The first kappa shape index (κ1) is 32.2. The van der Waals surface area contributed by atoms with Crippen LogP contribution in [-0.2, 0) is 10.8 Å². The van der Waals surface area contributed by atoms with Gasteiger partial charge in [0, 0.05) is 42.5 Å². The first-order valence-corrected chi connectivity index (χ1v) is 20.2. The number of nitrogens with zero attached hydrogens (tertiary/aromatic N) is 1. The third kappa shape index (κ3) is 4.52. The van der Waals surface area contributed by atoms with E-state index in [0.717, 1.165) is 17.8 Å². The molecule has 0 bridgehead atoms. The van der Waals surface area contributed by atoms with Crippen molar-refractivity contribution in [2.24, 2.45) is 0 Å². The molecule has 7 aromatic carbocycles. The molecule has 3 aliphatic carbocycles. The molecule has 262 valence electrons. The van der Waals surface area contributed by atoms with Crippen molar-refractivity contribution in [3.63, 3.8) is 0 Å². The van der Waals surface area contributed by atoms with Crippen LogP contribution in [-0.4, -0.2) is 0 Å². The highest BCUT2D eigenvalue weighted by Gasteiger charge is 2.47. The number of benzene rings is 7. The van der Waals surface area contributed by atoms with E-state index in [1.165, 1.54) is 81.5 Å². The zero-order valence-corrected chi connectivity index (χ0v) is 31.8. The van der Waals surface area contributed by atoms with E-state index in [9.17, 15) is 0 Å². The van der Waals surface area contributed by atoms with E-state index in [1.54, 1.807) is 0 Å². The Labute approximate surface area is 326 Å². The summed E-state index contributed by atoms with van der Waals surface area (Å²) in [5, 5.41) is 2.60. The molecule has 0 amide bonds. The quantitative estimate of drug-likeness (QED) is 0.171. The Bertz CT molecular complexity index is 2890. The van der Waals surface area contributed by atoms with Crippen molar-refractivity contribution in [3.8, 4) is 22.3 Å². The zero-order valence-electron chi connectivity index (χ0n) is 31.0. The van der Waals surface area contributed by atoms with Crippen molar-refractivity contribution < 1.29 is 0 Å². The minimum atomic E-state index is -0.448. The summed E-state index contributed by atoms with van der Waals surface area (Å²) in [6.07, 6.45) is 12.2. The normalized spacial score (nSPS) is 15.6. The van der Waals surface area contributed by atoms with E-state index < -0.39 is 5.41 Å². The predicted octanol–water partition coefficient (Wildman–Crippen LogP) is 14.3. The van der Waals surface area contributed by atoms with Crippen LogP contribution in [0.4, 0.5) is 11.4 Å². The monoisotopic (exact) mass is 721 g/mol. The average molecular weight is 722 g/mol. The van der Waals surface area contributed by atoms with E-state index >= 15 is 0 Å². The van der Waals surface area contributed by atoms with Gasteiger partial charge < -0.3 is 4.90 Å². The summed E-state index contributed by atoms with van der Waals surface area (Å²) in [5.41, 5.74) is 16.4. The molecule has 11 rings (SSSR count). The summed E-state index contributed by atoms with van der Waals surface area (Å²) in [5.74, 6) is 0. The zero-order chi connectivity index (χ0) is 36.7. The number of hydrogen-bond donors (Lipinski definition) is 0. The minimum Gasteiger partial charge on any atom is -0.310 e. The van der Waals surface area contributed by atoms with E-state index in [-0.39, 0.29) is 5.41 Å². The van der Waals surface area contributed by atoms with Crippen LogP contribution in [0, 0.1) is 0 Å². The van der Waals surface area contributed by atoms with Crippen LogP contribution >= 0.6 is 11.3 Å². The lowest BCUT2D eigenvalue weighted by atomic mass is 9.67. The van der Waals surface area contributed by atoms with Gasteiger partial charge in [-0.05, 0) is 86.8 Å². The first-order chi connectivity index (χ1) is 27.1. The molecule has 3 aliphatic rings. The van der Waals surface area contributed by atoms with Crippen molar-refractivity contribution in [3.05, 3.63) is 227 Å². The number of fused-ring (bicyclic) bond motifs is 9. The van der Waals surface area contributed by atoms with E-state index in [2.05, 4.69) is 207 Å². The maximum atomic E-state index is 2.49. The van der Waals surface area contributed by atoms with Gasteiger partial charge in [0.05, 0.1) is 11.1 Å². The van der Waals surface area contributed by atoms with E-state index in [4.69, 9.17) is 0 Å². The molecule has 8 aromatic rings. The fraction of sp³-hybridized carbons (Fsp3) is 0.0943. The Balaban J connectivity index is 1.17. The summed E-state index contributed by atoms with van der Waals surface area (Å²) in [7, 11) is 0. The third-order valence-corrected chi connectivity index (χ3v) is 13.6. The molecule has 0 spiro atoms. The number of hydrogen-bond acceptors (Lipinski definition) is 2. The Morgan fingerprint density at radius 1 is 0.545 bits per heavy atom. The average Bonchev–Trinajstić information content (AvgIpc) is 3.72. The number of anilines is 2. The highest BCUT2D eigenvalue weighted by Crippen LogP contribution is 2.59. The SMILES string of the molecule is CC1(C)c2ccccc2-c2c(N(C3=CC=CCC=C3)c3ccc4c(c3)sc3c(C5(c6ccccc6)c6ccccc6-c6ccccc65)cccc34)cccc21. The van der Waals surface area contributed by atoms with Crippen LogP contribution < -0.4 is 4.90 Å². The van der Waals surface area contributed by atoms with Crippen LogP contribution in [0.3, 0.4) is 0 Å². The van der Waals surface area contributed by atoms with Gasteiger partial charge in [0.25, 0.3) is 0 Å². The molecule has 0 fully saturated rings. The molecule has 0 saturated heterocycles. The molecule has 0 aliphatic heterocycles. The fourth-order valence-corrected chi connectivity index (χ4v) is 11.3. The van der Waals surface area contributed by atoms with Crippen molar-refractivity contribution in [2.75, 3.05) is 4.90 Å². The molecule has 0 atom stereocenters. The van der Waals surface area contributed by atoms with Crippen LogP contribution in [0.1, 0.15) is 53.6 Å². The lowest BCUT2D eigenvalue weighted by molar-refractivity contribution is 0.660. The molecule has 1 aromatic heterocycles. The summed E-state index contributed by atoms with van der Waals surface area (Å²) >= 11 is 1.93. The van der Waals surface area contributed by atoms with Gasteiger partial charge in [-0.1, -0.05) is 172 Å². The van der Waals surface area contributed by atoms with E-state index in [1.807, 2.05) is 11.3 Å². The lowest BCUT2D eigenvalue weighted by Gasteiger charge is -2.34. The first-order valence-electron chi connectivity index (χ1n) is 19.3. The van der Waals surface area contributed by atoms with Crippen LogP contribution in [0.15, 0.2) is 194 Å². The van der Waals surface area contributed by atoms with Gasteiger partial charge in [-0.15, -0.1) is 11.3 Å². The molecule has 0 unspecified atom stereocenters. The molecule has 55 heavy (non-hydrogen) atoms. The van der Waals surface area contributed by atoms with Gasteiger partial charge in [-0.2, -0.15) is 0 Å². The van der Waals surface area contributed by atoms with Gasteiger partial charge in [-0.25, -0.2) is 0 Å². The summed E-state index contributed by atoms with van der Waals surface area (Å²) in [4.78, 5) is 2.49. The highest BCUT2D eigenvalue weighted by atomic mass is 32.1. The number of allylic oxidation sites excluding steroid dienone is 5. The molecular weight excluding hydrogens is 683 g/mol. The predicted molar refractivity (Wildman–Crippen MR) is 234 cm³/mol. The van der Waals surface area contributed by atoms with Crippen molar-refractivity contribution >= 4 is 42.9 Å². The van der Waals surface area contributed by atoms with Crippen molar-refractivity contribution in [1.82, 2.24) is 0 Å². The Morgan fingerprint density at radius 2 is 1.20 bits per heavy atom. The molecule has 2 heteroatoms. The van der Waals surface area contributed by atoms with Gasteiger partial charge in [0.1, 0.15) is 0 Å². The van der Waals surface area contributed by atoms with Gasteiger partial charge >= 0.3 is 0 Å². The van der Waals surface area contributed by atoms with Gasteiger partial charge in [0.2, 0.25) is 0 Å². The van der Waals surface area contributed by atoms with Gasteiger partial charge in [0.15, 0.2) is 0 Å². The summed E-state index contributed by atoms with van der Waals surface area (Å²) < 4.78 is 2.62. The van der Waals surface area contributed by atoms with Crippen molar-refractivity contribution in [2.45, 2.75) is 31.1 Å². The second-order valence-electron chi connectivity index (χ2n) is 15.5. The number of thiophene rings is 1. The molecule has 1 heterocycles. The fourth-order valence-electron chi connectivity index (χ4n) is 9.97. The van der Waals surface area contributed by atoms with Crippen LogP contribution in [0.25, 0.3) is 42.4 Å². The topological polar surface area (TPSA) is 3.24 Å². The molecule has 0 saturated carbocycles. The third-order valence-electron chi connectivity index (χ3n) is 12.4. The standard InChI is InChI=1S/C53H39NS/c1-52(2)43-26-13-12-24-42(43)50-46(52)29-17-31-48(50)54(36-20-8-3-4-9-21-36)37-32-33-40-41-25-16-30-47(51(41)55-49(40)34-37)53(35-18-6-5-7-19-35)44-27-14-10-22-38(44)39-23-11-15-28-45(39)53/h3,5-34H,4H2,1-2H3. The smallest absolute Gasteiger partial charge is 0.0727 e. The maximum Gasteiger partial charge on any atom is 0.0727 e. The Hall–Kier alpha value is -6.22. The molecule has 1 nitrogen and oxygen atoms in total. The van der Waals surface area contributed by atoms with Crippen LogP contribution in [0.5, 0.6) is 0 Å². The molecule has 0 N–H and O–H groups in total. The summed E-state index contributed by atoms with van der Waals surface area (Å²) in [6, 6.07) is 59.2. The second kappa shape index (κ2) is 12.1. The second-order valence-corrected chi connectivity index (χ2v) is 16.6. The molecular formula is C53H39NS. The van der Waals surface area contributed by atoms with Crippen molar-refractivity contribution in [1.29, 1.82) is 0 Å². The number of rotatable bonds is 5. The van der Waals surface area contributed by atoms with Crippen LogP contribution in [0.2, 0.25) is 0 Å². The largest absolute Gasteiger partial charge is 0.310 e. The Morgan fingerprint density at radius 3 is 1.98 bits per heavy atom. The molecule has 0 radical (unpaired) electrons. The highest BCUT2D eigenvalue weighted by molar-refractivity contribution is 7.26. The maximum absolute atomic E-state index is 2.49.